The number of carbonyl (C=O) groups is 1. The molecule has 19 heavy (non-hydrogen) atoms. The summed E-state index contributed by atoms with van der Waals surface area (Å²) in [6, 6.07) is 3.89. The Balaban J connectivity index is 1.82. The third-order valence-corrected chi connectivity index (χ3v) is 3.82. The zero-order valence-electron chi connectivity index (χ0n) is 11.3. The van der Waals surface area contributed by atoms with Gasteiger partial charge in [-0.15, -0.1) is 0 Å². The second-order valence-electron chi connectivity index (χ2n) is 5.45. The van der Waals surface area contributed by atoms with E-state index in [1.807, 2.05) is 60.4 Å². The first-order chi connectivity index (χ1) is 9.09. The molecule has 0 unspecified atom stereocenters. The first kappa shape index (κ1) is 12.0. The summed E-state index contributed by atoms with van der Waals surface area (Å²) in [7, 11) is 0. The van der Waals surface area contributed by atoms with Crippen molar-refractivity contribution < 1.29 is 4.79 Å². The molecule has 1 aliphatic rings. The van der Waals surface area contributed by atoms with Crippen molar-refractivity contribution >= 4 is 5.91 Å². The van der Waals surface area contributed by atoms with Crippen molar-refractivity contribution in [2.24, 2.45) is 0 Å². The van der Waals surface area contributed by atoms with Gasteiger partial charge >= 0.3 is 0 Å². The van der Waals surface area contributed by atoms with Gasteiger partial charge in [0.05, 0.1) is 18.6 Å². The van der Waals surface area contributed by atoms with Gasteiger partial charge in [-0.1, -0.05) is 0 Å². The van der Waals surface area contributed by atoms with Gasteiger partial charge in [0.25, 0.3) is 0 Å². The van der Waals surface area contributed by atoms with Crippen LogP contribution >= 0.6 is 0 Å². The van der Waals surface area contributed by atoms with E-state index in [2.05, 4.69) is 9.55 Å². The lowest BCUT2D eigenvalue weighted by Crippen LogP contribution is -2.49. The Kier molecular flexibility index (Phi) is 2.69. The highest BCUT2D eigenvalue weighted by molar-refractivity contribution is 5.83. The van der Waals surface area contributed by atoms with E-state index in [4.69, 9.17) is 0 Å². The minimum Gasteiger partial charge on any atom is -0.340 e. The van der Waals surface area contributed by atoms with Crippen LogP contribution in [0.1, 0.15) is 19.5 Å². The average Bonchev–Trinajstić information content (AvgIpc) is 3.07. The summed E-state index contributed by atoms with van der Waals surface area (Å²) in [5, 5.41) is 0. The Bertz CT molecular complexity index is 582. The van der Waals surface area contributed by atoms with Crippen LogP contribution in [0.2, 0.25) is 0 Å². The van der Waals surface area contributed by atoms with Crippen LogP contribution in [0.5, 0.6) is 0 Å². The molecule has 100 valence electrons. The fourth-order valence-corrected chi connectivity index (χ4v) is 2.56. The zero-order chi connectivity index (χ0) is 13.5. The number of aromatic nitrogens is 3. The molecule has 3 heterocycles. The number of amides is 1. The van der Waals surface area contributed by atoms with E-state index in [1.165, 1.54) is 0 Å². The molecule has 5 nitrogen and oxygen atoms in total. The van der Waals surface area contributed by atoms with E-state index in [0.717, 1.165) is 18.8 Å². The largest absolute Gasteiger partial charge is 0.340 e. The molecule has 1 aliphatic heterocycles. The summed E-state index contributed by atoms with van der Waals surface area (Å²) in [6.07, 6.45) is 7.54. The predicted octanol–water partition coefficient (Wildman–Crippen LogP) is 1.46. The maximum absolute atomic E-state index is 12.7. The number of hydrogen-bond acceptors (Lipinski definition) is 2. The van der Waals surface area contributed by atoms with Crippen LogP contribution in [0.4, 0.5) is 0 Å². The van der Waals surface area contributed by atoms with E-state index in [0.29, 0.717) is 6.54 Å². The second kappa shape index (κ2) is 4.26. The SMILES string of the molecule is CC(C)(C(=O)N1CCn2cncc2C1)n1cccc1. The standard InChI is InChI=1S/C14H18N4O/c1-14(2,18-5-3-4-6-18)13(19)16-7-8-17-11-15-9-12(17)10-16/h3-6,9,11H,7-8,10H2,1-2H3. The van der Waals surface area contributed by atoms with Crippen LogP contribution in [0.25, 0.3) is 0 Å². The Morgan fingerprint density at radius 3 is 2.74 bits per heavy atom. The fourth-order valence-electron chi connectivity index (χ4n) is 2.56. The van der Waals surface area contributed by atoms with Crippen molar-refractivity contribution in [1.29, 1.82) is 0 Å². The van der Waals surface area contributed by atoms with Gasteiger partial charge in [0.1, 0.15) is 5.54 Å². The summed E-state index contributed by atoms with van der Waals surface area (Å²) in [5.41, 5.74) is 0.550. The smallest absolute Gasteiger partial charge is 0.248 e. The minimum atomic E-state index is -0.550. The molecule has 0 atom stereocenters. The van der Waals surface area contributed by atoms with Crippen molar-refractivity contribution in [3.63, 3.8) is 0 Å². The predicted molar refractivity (Wildman–Crippen MR) is 71.4 cm³/mol. The van der Waals surface area contributed by atoms with Gasteiger partial charge in [-0.05, 0) is 26.0 Å². The Morgan fingerprint density at radius 1 is 1.26 bits per heavy atom. The molecule has 0 N–H and O–H groups in total. The maximum Gasteiger partial charge on any atom is 0.248 e. The molecule has 1 amide bonds. The van der Waals surface area contributed by atoms with Gasteiger partial charge in [-0.25, -0.2) is 4.98 Å². The van der Waals surface area contributed by atoms with Crippen molar-refractivity contribution in [3.8, 4) is 0 Å². The van der Waals surface area contributed by atoms with E-state index in [9.17, 15) is 4.79 Å². The Labute approximate surface area is 112 Å². The molecule has 0 radical (unpaired) electrons. The zero-order valence-corrected chi connectivity index (χ0v) is 11.3. The summed E-state index contributed by atoms with van der Waals surface area (Å²) in [5.74, 6) is 0.149. The minimum absolute atomic E-state index is 0.149. The van der Waals surface area contributed by atoms with Gasteiger partial charge < -0.3 is 14.0 Å². The van der Waals surface area contributed by atoms with E-state index >= 15 is 0 Å². The van der Waals surface area contributed by atoms with Crippen molar-refractivity contribution in [1.82, 2.24) is 19.0 Å². The quantitative estimate of drug-likeness (QED) is 0.818. The number of imidazole rings is 1. The Morgan fingerprint density at radius 2 is 2.00 bits per heavy atom. The monoisotopic (exact) mass is 258 g/mol. The van der Waals surface area contributed by atoms with Gasteiger partial charge in [-0.2, -0.15) is 0 Å². The van der Waals surface area contributed by atoms with Crippen LogP contribution in [0.15, 0.2) is 37.1 Å². The maximum atomic E-state index is 12.7. The molecule has 5 heteroatoms. The van der Waals surface area contributed by atoms with E-state index in [1.54, 1.807) is 0 Å². The van der Waals surface area contributed by atoms with E-state index in [-0.39, 0.29) is 5.91 Å². The average molecular weight is 258 g/mol. The second-order valence-corrected chi connectivity index (χ2v) is 5.45. The molecule has 3 rings (SSSR count). The van der Waals surface area contributed by atoms with Crippen molar-refractivity contribution in [2.75, 3.05) is 6.54 Å². The normalized spacial score (nSPS) is 15.4. The van der Waals surface area contributed by atoms with E-state index < -0.39 is 5.54 Å². The van der Waals surface area contributed by atoms with Gasteiger partial charge in [0.15, 0.2) is 0 Å². The summed E-state index contributed by atoms with van der Waals surface area (Å²) < 4.78 is 4.06. The first-order valence-corrected chi connectivity index (χ1v) is 6.51. The number of rotatable bonds is 2. The highest BCUT2D eigenvalue weighted by atomic mass is 16.2. The molecule has 0 fully saturated rings. The lowest BCUT2D eigenvalue weighted by atomic mass is 10.0. The summed E-state index contributed by atoms with van der Waals surface area (Å²) >= 11 is 0. The Hall–Kier alpha value is -2.04. The molecule has 2 aromatic heterocycles. The molecule has 0 saturated carbocycles. The van der Waals surface area contributed by atoms with Crippen LogP contribution in [0.3, 0.4) is 0 Å². The van der Waals surface area contributed by atoms with Crippen molar-refractivity contribution in [3.05, 3.63) is 42.7 Å². The summed E-state index contributed by atoms with van der Waals surface area (Å²) in [6.45, 7) is 6.13. The molecule has 2 aromatic rings. The van der Waals surface area contributed by atoms with Crippen molar-refractivity contribution in [2.45, 2.75) is 32.5 Å². The molecule has 0 bridgehead atoms. The van der Waals surface area contributed by atoms with Crippen LogP contribution < -0.4 is 0 Å². The number of fused-ring (bicyclic) bond motifs is 1. The van der Waals surface area contributed by atoms with Crippen LogP contribution in [-0.2, 0) is 23.4 Å². The third-order valence-electron chi connectivity index (χ3n) is 3.82. The number of nitrogens with zero attached hydrogens (tertiary/aromatic N) is 4. The van der Waals surface area contributed by atoms with Crippen LogP contribution in [-0.4, -0.2) is 31.5 Å². The molecular formula is C14H18N4O. The van der Waals surface area contributed by atoms with Gasteiger partial charge in [-0.3, -0.25) is 4.79 Å². The lowest BCUT2D eigenvalue weighted by Gasteiger charge is -2.35. The van der Waals surface area contributed by atoms with Gasteiger partial charge in [0.2, 0.25) is 5.91 Å². The third kappa shape index (κ3) is 1.95. The topological polar surface area (TPSA) is 43.1 Å². The van der Waals surface area contributed by atoms with Gasteiger partial charge in [0, 0.05) is 31.7 Å². The van der Waals surface area contributed by atoms with Crippen LogP contribution in [0, 0.1) is 0 Å². The highest BCUT2D eigenvalue weighted by Crippen LogP contribution is 2.22. The first-order valence-electron chi connectivity index (χ1n) is 6.51. The molecular weight excluding hydrogens is 240 g/mol. The fraction of sp³-hybridized carbons (Fsp3) is 0.429. The number of carbonyl (C=O) groups excluding carboxylic acids is 1. The summed E-state index contributed by atoms with van der Waals surface area (Å²) in [4.78, 5) is 18.8. The molecule has 0 aromatic carbocycles. The molecule has 0 aliphatic carbocycles. The number of hydrogen-bond donors (Lipinski definition) is 0. The molecule has 0 spiro atoms. The highest BCUT2D eigenvalue weighted by Gasteiger charge is 2.34. The molecule has 0 saturated heterocycles. The lowest BCUT2D eigenvalue weighted by molar-refractivity contribution is -0.140.